The van der Waals surface area contributed by atoms with E-state index in [1.165, 1.54) is 25.7 Å². The van der Waals surface area contributed by atoms with Crippen molar-refractivity contribution in [3.8, 4) is 0 Å². The van der Waals surface area contributed by atoms with Crippen molar-refractivity contribution >= 4 is 22.4 Å². The van der Waals surface area contributed by atoms with E-state index in [1.54, 1.807) is 6.33 Å². The molecule has 1 heterocycles. The minimum absolute atomic E-state index is 0.746. The lowest BCUT2D eigenvalue weighted by molar-refractivity contribution is 0.545. The molecule has 1 fully saturated rings. The molecule has 0 amide bonds. The number of hydrogen-bond acceptors (Lipinski definition) is 4. The lowest BCUT2D eigenvalue weighted by atomic mass is 10.1. The average molecular weight is 256 g/mol. The summed E-state index contributed by atoms with van der Waals surface area (Å²) in [5.74, 6) is 1.82. The van der Waals surface area contributed by atoms with Crippen molar-refractivity contribution in [2.24, 2.45) is 5.92 Å². The predicted octanol–water partition coefficient (Wildman–Crippen LogP) is 2.84. The molecule has 0 saturated heterocycles. The van der Waals surface area contributed by atoms with Crippen LogP contribution in [0.15, 0.2) is 24.5 Å². The smallest absolute Gasteiger partial charge is 0.139 e. The molecule has 100 valence electrons. The van der Waals surface area contributed by atoms with E-state index < -0.39 is 0 Å². The summed E-state index contributed by atoms with van der Waals surface area (Å²) >= 11 is 0. The first-order valence-corrected chi connectivity index (χ1v) is 6.95. The van der Waals surface area contributed by atoms with Gasteiger partial charge in [-0.3, -0.25) is 0 Å². The van der Waals surface area contributed by atoms with Gasteiger partial charge in [0, 0.05) is 24.7 Å². The van der Waals surface area contributed by atoms with Crippen molar-refractivity contribution in [2.75, 3.05) is 24.2 Å². The van der Waals surface area contributed by atoms with E-state index in [1.807, 2.05) is 18.2 Å². The minimum atomic E-state index is 0.746. The highest BCUT2D eigenvalue weighted by Crippen LogP contribution is 2.29. The zero-order valence-electron chi connectivity index (χ0n) is 11.3. The quantitative estimate of drug-likeness (QED) is 0.858. The van der Waals surface area contributed by atoms with E-state index in [9.17, 15) is 0 Å². The SMILES string of the molecule is CN(CC1CCCC1)c1ncnc2cc(N)ccc12. The van der Waals surface area contributed by atoms with Crippen LogP contribution in [0.5, 0.6) is 0 Å². The summed E-state index contributed by atoms with van der Waals surface area (Å²) in [6, 6.07) is 5.84. The Morgan fingerprint density at radius 1 is 1.26 bits per heavy atom. The van der Waals surface area contributed by atoms with Gasteiger partial charge in [0.05, 0.1) is 5.52 Å². The third kappa shape index (κ3) is 2.48. The Morgan fingerprint density at radius 2 is 2.05 bits per heavy atom. The standard InChI is InChI=1S/C15H20N4/c1-19(9-11-4-2-3-5-11)15-13-7-6-12(16)8-14(13)17-10-18-15/h6-8,10-11H,2-5,9,16H2,1H3. The van der Waals surface area contributed by atoms with Crippen LogP contribution in [0.2, 0.25) is 0 Å². The maximum atomic E-state index is 5.81. The Hall–Kier alpha value is -1.84. The Morgan fingerprint density at radius 3 is 2.84 bits per heavy atom. The molecule has 0 unspecified atom stereocenters. The second-order valence-corrected chi connectivity index (χ2v) is 5.50. The first kappa shape index (κ1) is 12.2. The van der Waals surface area contributed by atoms with Gasteiger partial charge in [-0.2, -0.15) is 0 Å². The Labute approximate surface area is 113 Å². The number of nitrogens with two attached hydrogens (primary N) is 1. The van der Waals surface area contributed by atoms with Gasteiger partial charge >= 0.3 is 0 Å². The zero-order chi connectivity index (χ0) is 13.2. The van der Waals surface area contributed by atoms with Gasteiger partial charge in [0.2, 0.25) is 0 Å². The second kappa shape index (κ2) is 5.03. The third-order valence-corrected chi connectivity index (χ3v) is 4.01. The predicted molar refractivity (Wildman–Crippen MR) is 79.2 cm³/mol. The molecule has 0 bridgehead atoms. The highest BCUT2D eigenvalue weighted by Gasteiger charge is 2.18. The number of nitrogens with zero attached hydrogens (tertiary/aromatic N) is 3. The van der Waals surface area contributed by atoms with E-state index in [0.29, 0.717) is 0 Å². The number of aromatic nitrogens is 2. The maximum Gasteiger partial charge on any atom is 0.139 e. The van der Waals surface area contributed by atoms with Gasteiger partial charge in [-0.15, -0.1) is 0 Å². The van der Waals surface area contributed by atoms with Gasteiger partial charge in [0.1, 0.15) is 12.1 Å². The zero-order valence-corrected chi connectivity index (χ0v) is 11.3. The molecule has 19 heavy (non-hydrogen) atoms. The summed E-state index contributed by atoms with van der Waals surface area (Å²) in [5.41, 5.74) is 7.47. The van der Waals surface area contributed by atoms with E-state index in [-0.39, 0.29) is 0 Å². The van der Waals surface area contributed by atoms with Crippen molar-refractivity contribution in [3.63, 3.8) is 0 Å². The summed E-state index contributed by atoms with van der Waals surface area (Å²) in [7, 11) is 2.12. The van der Waals surface area contributed by atoms with Gasteiger partial charge in [0.25, 0.3) is 0 Å². The van der Waals surface area contributed by atoms with E-state index in [0.717, 1.165) is 34.9 Å². The molecule has 1 aliphatic rings. The molecule has 1 aromatic carbocycles. The normalized spacial score (nSPS) is 16.1. The Kier molecular flexibility index (Phi) is 3.23. The number of nitrogen functional groups attached to an aromatic ring is 1. The highest BCUT2D eigenvalue weighted by atomic mass is 15.2. The minimum Gasteiger partial charge on any atom is -0.399 e. The topological polar surface area (TPSA) is 55.0 Å². The van der Waals surface area contributed by atoms with Crippen LogP contribution in [0.1, 0.15) is 25.7 Å². The van der Waals surface area contributed by atoms with Crippen molar-refractivity contribution in [2.45, 2.75) is 25.7 Å². The van der Waals surface area contributed by atoms with Gasteiger partial charge in [0.15, 0.2) is 0 Å². The van der Waals surface area contributed by atoms with E-state index >= 15 is 0 Å². The molecule has 1 aliphatic carbocycles. The highest BCUT2D eigenvalue weighted by molar-refractivity contribution is 5.91. The molecule has 3 rings (SSSR count). The first-order valence-electron chi connectivity index (χ1n) is 6.95. The molecule has 1 aromatic heterocycles. The number of hydrogen-bond donors (Lipinski definition) is 1. The molecule has 0 aliphatic heterocycles. The first-order chi connectivity index (χ1) is 9.24. The van der Waals surface area contributed by atoms with Crippen LogP contribution in [0.3, 0.4) is 0 Å². The Bertz CT molecular complexity index is 575. The average Bonchev–Trinajstić information content (AvgIpc) is 2.90. The molecule has 2 N–H and O–H groups in total. The second-order valence-electron chi connectivity index (χ2n) is 5.50. The van der Waals surface area contributed by atoms with Crippen LogP contribution in [0.4, 0.5) is 11.5 Å². The van der Waals surface area contributed by atoms with Gasteiger partial charge < -0.3 is 10.6 Å². The number of benzene rings is 1. The van der Waals surface area contributed by atoms with E-state index in [4.69, 9.17) is 5.73 Å². The Balaban J connectivity index is 1.90. The van der Waals surface area contributed by atoms with Crippen LogP contribution in [-0.2, 0) is 0 Å². The van der Waals surface area contributed by atoms with Gasteiger partial charge in [-0.05, 0) is 37.0 Å². The fourth-order valence-corrected chi connectivity index (χ4v) is 3.03. The summed E-state index contributed by atoms with van der Waals surface area (Å²) < 4.78 is 0. The largest absolute Gasteiger partial charge is 0.399 e. The van der Waals surface area contributed by atoms with Gasteiger partial charge in [-0.1, -0.05) is 12.8 Å². The van der Waals surface area contributed by atoms with Crippen molar-refractivity contribution in [1.82, 2.24) is 9.97 Å². The molecular weight excluding hydrogens is 236 g/mol. The van der Waals surface area contributed by atoms with Crippen molar-refractivity contribution in [3.05, 3.63) is 24.5 Å². The molecule has 4 heteroatoms. The van der Waals surface area contributed by atoms with Crippen LogP contribution < -0.4 is 10.6 Å². The molecule has 0 spiro atoms. The van der Waals surface area contributed by atoms with Crippen LogP contribution in [-0.4, -0.2) is 23.6 Å². The molecule has 1 saturated carbocycles. The molecular formula is C15H20N4. The lowest BCUT2D eigenvalue weighted by Gasteiger charge is -2.23. The van der Waals surface area contributed by atoms with Crippen molar-refractivity contribution in [1.29, 1.82) is 0 Å². The number of anilines is 2. The maximum absolute atomic E-state index is 5.81. The molecule has 0 atom stereocenters. The van der Waals surface area contributed by atoms with Crippen molar-refractivity contribution < 1.29 is 0 Å². The van der Waals surface area contributed by atoms with Gasteiger partial charge in [-0.25, -0.2) is 9.97 Å². The summed E-state index contributed by atoms with van der Waals surface area (Å²) in [4.78, 5) is 11.0. The van der Waals surface area contributed by atoms with E-state index in [2.05, 4.69) is 21.9 Å². The van der Waals surface area contributed by atoms with Crippen LogP contribution in [0, 0.1) is 5.92 Å². The van der Waals surface area contributed by atoms with Crippen LogP contribution >= 0.6 is 0 Å². The fraction of sp³-hybridized carbons (Fsp3) is 0.467. The third-order valence-electron chi connectivity index (χ3n) is 4.01. The summed E-state index contributed by atoms with van der Waals surface area (Å²) in [6.45, 7) is 1.08. The number of rotatable bonds is 3. The summed E-state index contributed by atoms with van der Waals surface area (Å²) in [5, 5.41) is 1.08. The fourth-order valence-electron chi connectivity index (χ4n) is 3.03. The monoisotopic (exact) mass is 256 g/mol. The lowest BCUT2D eigenvalue weighted by Crippen LogP contribution is -2.25. The molecule has 0 radical (unpaired) electrons. The number of fused-ring (bicyclic) bond motifs is 1. The molecule has 4 nitrogen and oxygen atoms in total. The van der Waals surface area contributed by atoms with Crippen LogP contribution in [0.25, 0.3) is 10.9 Å². The molecule has 2 aromatic rings. The summed E-state index contributed by atoms with van der Waals surface area (Å²) in [6.07, 6.45) is 7.07.